The highest BCUT2D eigenvalue weighted by molar-refractivity contribution is 6.46. The monoisotopic (exact) mass is 415 g/mol. The lowest BCUT2D eigenvalue weighted by Gasteiger charge is -2.25. The van der Waals surface area contributed by atoms with Gasteiger partial charge in [0.2, 0.25) is 0 Å². The van der Waals surface area contributed by atoms with E-state index in [1.54, 1.807) is 68.2 Å². The van der Waals surface area contributed by atoms with Crippen LogP contribution in [-0.4, -0.2) is 38.8 Å². The number of Topliss-reactive ketones (excluding diaryl/α,β-unsaturated/α-hetero) is 1. The maximum Gasteiger partial charge on any atom is 0.296 e. The fourth-order valence-corrected chi connectivity index (χ4v) is 3.78. The van der Waals surface area contributed by atoms with E-state index in [9.17, 15) is 14.7 Å². The van der Waals surface area contributed by atoms with Crippen LogP contribution in [0.4, 0.5) is 0 Å². The number of rotatable bonds is 5. The molecule has 0 aliphatic carbocycles. The molecule has 0 bridgehead atoms. The maximum atomic E-state index is 13.1. The lowest BCUT2D eigenvalue weighted by atomic mass is 9.94. The van der Waals surface area contributed by atoms with Gasteiger partial charge in [-0.15, -0.1) is 0 Å². The number of likely N-dealkylation sites (tertiary alicyclic amines) is 1. The van der Waals surface area contributed by atoms with Gasteiger partial charge in [-0.3, -0.25) is 19.6 Å². The van der Waals surface area contributed by atoms with Crippen molar-refractivity contribution < 1.29 is 19.4 Å². The van der Waals surface area contributed by atoms with Gasteiger partial charge in [-0.05, 0) is 60.5 Å². The van der Waals surface area contributed by atoms with Gasteiger partial charge in [-0.25, -0.2) is 0 Å². The third kappa shape index (κ3) is 3.77. The molecule has 1 amide bonds. The van der Waals surface area contributed by atoms with E-state index in [2.05, 4.69) is 9.97 Å². The van der Waals surface area contributed by atoms with Crippen molar-refractivity contribution >= 4 is 17.4 Å². The van der Waals surface area contributed by atoms with Crippen molar-refractivity contribution in [2.24, 2.45) is 0 Å². The van der Waals surface area contributed by atoms with E-state index < -0.39 is 17.7 Å². The molecule has 1 N–H and O–H groups in total. The van der Waals surface area contributed by atoms with Crippen LogP contribution in [0.15, 0.2) is 72.7 Å². The zero-order valence-electron chi connectivity index (χ0n) is 17.1. The number of benzene rings is 1. The quantitative estimate of drug-likeness (QED) is 0.390. The number of nitrogens with zero attached hydrogens (tertiary/aromatic N) is 3. The molecule has 31 heavy (non-hydrogen) atoms. The summed E-state index contributed by atoms with van der Waals surface area (Å²) in [5, 5.41) is 11.2. The number of hydrogen-bond donors (Lipinski definition) is 1. The summed E-state index contributed by atoms with van der Waals surface area (Å²) < 4.78 is 5.23. The van der Waals surface area contributed by atoms with Crippen molar-refractivity contribution in [3.05, 3.63) is 95.1 Å². The fourth-order valence-electron chi connectivity index (χ4n) is 3.78. The minimum Gasteiger partial charge on any atom is -0.507 e. The van der Waals surface area contributed by atoms with Gasteiger partial charge in [0.15, 0.2) is 0 Å². The van der Waals surface area contributed by atoms with Gasteiger partial charge < -0.3 is 14.7 Å². The summed E-state index contributed by atoms with van der Waals surface area (Å²) in [4.78, 5) is 35.8. The molecule has 1 aromatic carbocycles. The average molecular weight is 415 g/mol. The Bertz CT molecular complexity index is 1160. The zero-order chi connectivity index (χ0) is 22.0. The number of hydrogen-bond acceptors (Lipinski definition) is 6. The highest BCUT2D eigenvalue weighted by Crippen LogP contribution is 2.40. The second-order valence-electron chi connectivity index (χ2n) is 7.21. The first-order valence-electron chi connectivity index (χ1n) is 9.74. The van der Waals surface area contributed by atoms with Crippen LogP contribution in [-0.2, 0) is 16.1 Å². The molecule has 1 aliphatic heterocycles. The van der Waals surface area contributed by atoms with Crippen molar-refractivity contribution in [1.82, 2.24) is 14.9 Å². The summed E-state index contributed by atoms with van der Waals surface area (Å²) in [6.07, 6.45) is 4.82. The van der Waals surface area contributed by atoms with Crippen LogP contribution in [0.1, 0.15) is 28.4 Å². The number of ketones is 1. The van der Waals surface area contributed by atoms with Gasteiger partial charge in [0, 0.05) is 24.2 Å². The number of methoxy groups -OCH3 is 1. The summed E-state index contributed by atoms with van der Waals surface area (Å²) in [5.74, 6) is -0.996. The number of carbonyl (C=O) groups is 2. The third-order valence-corrected chi connectivity index (χ3v) is 5.31. The molecule has 1 atom stereocenters. The number of pyridine rings is 2. The smallest absolute Gasteiger partial charge is 0.296 e. The van der Waals surface area contributed by atoms with Gasteiger partial charge in [0.25, 0.3) is 11.7 Å². The zero-order valence-corrected chi connectivity index (χ0v) is 17.1. The van der Waals surface area contributed by atoms with Crippen LogP contribution in [0.3, 0.4) is 0 Å². The molecule has 7 heteroatoms. The minimum absolute atomic E-state index is 0.0420. The summed E-state index contributed by atoms with van der Waals surface area (Å²) in [6.45, 7) is 1.94. The van der Waals surface area contributed by atoms with Crippen molar-refractivity contribution in [1.29, 1.82) is 0 Å². The van der Waals surface area contributed by atoms with Crippen molar-refractivity contribution in [3.63, 3.8) is 0 Å². The Morgan fingerprint density at radius 2 is 1.87 bits per heavy atom. The Morgan fingerprint density at radius 3 is 2.52 bits per heavy atom. The van der Waals surface area contributed by atoms with E-state index in [0.717, 1.165) is 5.56 Å². The van der Waals surface area contributed by atoms with E-state index >= 15 is 0 Å². The molecule has 0 spiro atoms. The molecule has 3 heterocycles. The second-order valence-corrected chi connectivity index (χ2v) is 7.21. The molecular weight excluding hydrogens is 394 g/mol. The van der Waals surface area contributed by atoms with E-state index in [1.807, 2.05) is 13.0 Å². The van der Waals surface area contributed by atoms with Gasteiger partial charge >= 0.3 is 0 Å². The molecule has 4 rings (SSSR count). The Hall–Kier alpha value is -4.00. The number of aryl methyl sites for hydroxylation is 1. The molecule has 0 saturated carbocycles. The summed E-state index contributed by atoms with van der Waals surface area (Å²) in [5.41, 5.74) is 2.55. The van der Waals surface area contributed by atoms with Crippen LogP contribution in [0.5, 0.6) is 5.75 Å². The van der Waals surface area contributed by atoms with Crippen LogP contribution < -0.4 is 4.74 Å². The number of aromatic nitrogens is 2. The average Bonchev–Trinajstić information content (AvgIpc) is 3.04. The minimum atomic E-state index is -0.758. The van der Waals surface area contributed by atoms with Crippen LogP contribution in [0.25, 0.3) is 5.76 Å². The van der Waals surface area contributed by atoms with E-state index in [1.165, 1.54) is 4.90 Å². The van der Waals surface area contributed by atoms with Gasteiger partial charge in [0.1, 0.15) is 11.5 Å². The second kappa shape index (κ2) is 8.39. The predicted octanol–water partition coefficient (Wildman–Crippen LogP) is 3.42. The summed E-state index contributed by atoms with van der Waals surface area (Å²) in [7, 11) is 1.56. The van der Waals surface area contributed by atoms with Crippen LogP contribution in [0, 0.1) is 6.92 Å². The van der Waals surface area contributed by atoms with Crippen LogP contribution >= 0.6 is 0 Å². The third-order valence-electron chi connectivity index (χ3n) is 5.31. The number of amides is 1. The standard InChI is InChI=1S/C24H21N3O4/c1-15-13-18(31-2)6-7-19(15)22(28)20-21(16-8-11-25-12-9-16)27(24(30)23(20)29)14-17-5-3-4-10-26-17/h3-13,21,28H,14H2,1-2H3/b22-20-. The number of ether oxygens (including phenoxy) is 1. The Morgan fingerprint density at radius 1 is 1.10 bits per heavy atom. The lowest BCUT2D eigenvalue weighted by Crippen LogP contribution is -2.29. The number of aliphatic hydroxyl groups is 1. The molecule has 1 saturated heterocycles. The topological polar surface area (TPSA) is 92.6 Å². The Labute approximate surface area is 179 Å². The highest BCUT2D eigenvalue weighted by Gasteiger charge is 2.46. The van der Waals surface area contributed by atoms with Crippen molar-refractivity contribution in [2.45, 2.75) is 19.5 Å². The van der Waals surface area contributed by atoms with Crippen molar-refractivity contribution in [3.8, 4) is 5.75 Å². The summed E-state index contributed by atoms with van der Waals surface area (Å²) >= 11 is 0. The van der Waals surface area contributed by atoms with Crippen LogP contribution in [0.2, 0.25) is 0 Å². The van der Waals surface area contributed by atoms with Gasteiger partial charge in [0.05, 0.1) is 31.0 Å². The lowest BCUT2D eigenvalue weighted by molar-refractivity contribution is -0.140. The molecule has 1 unspecified atom stereocenters. The predicted molar refractivity (Wildman–Crippen MR) is 114 cm³/mol. The van der Waals surface area contributed by atoms with E-state index in [-0.39, 0.29) is 17.9 Å². The molecule has 0 radical (unpaired) electrons. The van der Waals surface area contributed by atoms with Crippen molar-refractivity contribution in [2.75, 3.05) is 7.11 Å². The first kappa shape index (κ1) is 20.3. The molecule has 1 aliphatic rings. The van der Waals surface area contributed by atoms with Gasteiger partial charge in [-0.2, -0.15) is 0 Å². The molecule has 7 nitrogen and oxygen atoms in total. The fraction of sp³-hybridized carbons (Fsp3) is 0.167. The molecule has 2 aromatic heterocycles. The highest BCUT2D eigenvalue weighted by atomic mass is 16.5. The maximum absolute atomic E-state index is 13.1. The first-order chi connectivity index (χ1) is 15.0. The molecule has 1 fully saturated rings. The summed E-state index contributed by atoms with van der Waals surface area (Å²) in [6, 6.07) is 13.2. The first-order valence-corrected chi connectivity index (χ1v) is 9.74. The molecule has 156 valence electrons. The molecular formula is C24H21N3O4. The van der Waals surface area contributed by atoms with Gasteiger partial charge in [-0.1, -0.05) is 6.07 Å². The number of carbonyl (C=O) groups excluding carboxylic acids is 2. The molecule has 3 aromatic rings. The normalized spacial score (nSPS) is 17.7. The Balaban J connectivity index is 1.86. The SMILES string of the molecule is COc1ccc(/C(O)=C2/C(=O)C(=O)N(Cc3ccccn3)C2c2ccncc2)c(C)c1. The largest absolute Gasteiger partial charge is 0.507 e. The Kier molecular flexibility index (Phi) is 5.49. The van der Waals surface area contributed by atoms with E-state index in [4.69, 9.17) is 4.74 Å². The number of aliphatic hydroxyl groups excluding tert-OH is 1. The van der Waals surface area contributed by atoms with E-state index in [0.29, 0.717) is 22.6 Å².